The second-order valence-corrected chi connectivity index (χ2v) is 3.70. The molecule has 2 N–H and O–H groups in total. The number of hydrogen-bond acceptors (Lipinski definition) is 3. The van der Waals surface area contributed by atoms with Crippen molar-refractivity contribution in [2.24, 2.45) is 11.7 Å². The van der Waals surface area contributed by atoms with E-state index in [-0.39, 0.29) is 18.4 Å². The topological polar surface area (TPSA) is 72.6 Å². The number of amides is 2. The predicted octanol–water partition coefficient (Wildman–Crippen LogP) is -0.645. The maximum Gasteiger partial charge on any atom is 0.248 e. The zero-order valence-electron chi connectivity index (χ0n) is 8.53. The monoisotopic (exact) mass is 200 g/mol. The second-order valence-electron chi connectivity index (χ2n) is 3.70. The highest BCUT2D eigenvalue weighted by molar-refractivity contribution is 5.82. The molecule has 1 aliphatic heterocycles. The number of carbonyl (C=O) groups excluding carboxylic acids is 2. The Hall–Kier alpha value is -1.10. The Morgan fingerprint density at radius 3 is 2.64 bits per heavy atom. The number of ether oxygens (including phenoxy) is 1. The van der Waals surface area contributed by atoms with Gasteiger partial charge in [-0.05, 0) is 0 Å². The lowest BCUT2D eigenvalue weighted by Gasteiger charge is -2.32. The zero-order valence-corrected chi connectivity index (χ0v) is 8.53. The number of nitrogens with zero attached hydrogens (tertiary/aromatic N) is 1. The van der Waals surface area contributed by atoms with Gasteiger partial charge in [-0.2, -0.15) is 0 Å². The molecule has 5 nitrogen and oxygen atoms in total. The standard InChI is InChI=1S/C9H16N2O3/c1-6(2)9(13)11-3-4-14-7(5-11)8(10)12/h6-7H,3-5H2,1-2H3,(H2,10,12). The molecule has 1 unspecified atom stereocenters. The van der Waals surface area contributed by atoms with Crippen molar-refractivity contribution in [2.75, 3.05) is 19.7 Å². The van der Waals surface area contributed by atoms with Crippen LogP contribution in [0.3, 0.4) is 0 Å². The Morgan fingerprint density at radius 2 is 2.14 bits per heavy atom. The SMILES string of the molecule is CC(C)C(=O)N1CCOC(C(N)=O)C1. The van der Waals surface area contributed by atoms with Crippen LogP contribution >= 0.6 is 0 Å². The van der Waals surface area contributed by atoms with E-state index in [4.69, 9.17) is 10.5 Å². The highest BCUT2D eigenvalue weighted by Crippen LogP contribution is 2.08. The van der Waals surface area contributed by atoms with Crippen molar-refractivity contribution in [1.82, 2.24) is 4.90 Å². The average Bonchev–Trinajstić information content (AvgIpc) is 2.16. The molecule has 0 aliphatic carbocycles. The summed E-state index contributed by atoms with van der Waals surface area (Å²) in [7, 11) is 0. The van der Waals surface area contributed by atoms with Crippen LogP contribution in [-0.2, 0) is 14.3 Å². The van der Waals surface area contributed by atoms with E-state index in [9.17, 15) is 9.59 Å². The summed E-state index contributed by atoms with van der Waals surface area (Å²) in [6.07, 6.45) is -0.647. The predicted molar refractivity (Wildman–Crippen MR) is 50.4 cm³/mol. The minimum Gasteiger partial charge on any atom is -0.367 e. The number of morpholine rings is 1. The van der Waals surface area contributed by atoms with E-state index in [2.05, 4.69) is 0 Å². The summed E-state index contributed by atoms with van der Waals surface area (Å²) in [6, 6.07) is 0. The van der Waals surface area contributed by atoms with E-state index < -0.39 is 12.0 Å². The van der Waals surface area contributed by atoms with Crippen LogP contribution in [0.1, 0.15) is 13.8 Å². The molecular weight excluding hydrogens is 184 g/mol. The molecule has 0 saturated carbocycles. The zero-order chi connectivity index (χ0) is 10.7. The van der Waals surface area contributed by atoms with Gasteiger partial charge in [0.25, 0.3) is 0 Å². The van der Waals surface area contributed by atoms with E-state index in [0.717, 1.165) is 0 Å². The largest absolute Gasteiger partial charge is 0.367 e. The minimum atomic E-state index is -0.647. The summed E-state index contributed by atoms with van der Waals surface area (Å²) in [5, 5.41) is 0. The number of rotatable bonds is 2. The third kappa shape index (κ3) is 2.45. The molecule has 0 aromatic carbocycles. The van der Waals surface area contributed by atoms with Gasteiger partial charge in [-0.1, -0.05) is 13.8 Å². The molecule has 1 heterocycles. The summed E-state index contributed by atoms with van der Waals surface area (Å²) in [5.74, 6) is -0.521. The van der Waals surface area contributed by atoms with E-state index in [0.29, 0.717) is 13.2 Å². The maximum absolute atomic E-state index is 11.6. The Kier molecular flexibility index (Phi) is 3.46. The van der Waals surface area contributed by atoms with E-state index in [1.54, 1.807) is 4.90 Å². The lowest BCUT2D eigenvalue weighted by Crippen LogP contribution is -2.51. The molecule has 1 aliphatic rings. The maximum atomic E-state index is 11.6. The third-order valence-corrected chi connectivity index (χ3v) is 2.19. The van der Waals surface area contributed by atoms with Crippen LogP contribution in [0.5, 0.6) is 0 Å². The third-order valence-electron chi connectivity index (χ3n) is 2.19. The first-order valence-corrected chi connectivity index (χ1v) is 4.72. The summed E-state index contributed by atoms with van der Waals surface area (Å²) >= 11 is 0. The average molecular weight is 200 g/mol. The number of hydrogen-bond donors (Lipinski definition) is 1. The summed E-state index contributed by atoms with van der Waals surface area (Å²) in [6.45, 7) is 4.87. The Bertz CT molecular complexity index is 240. The number of primary amides is 1. The molecule has 0 aromatic rings. The minimum absolute atomic E-state index is 0.0413. The molecular formula is C9H16N2O3. The van der Waals surface area contributed by atoms with Crippen molar-refractivity contribution >= 4 is 11.8 Å². The van der Waals surface area contributed by atoms with Crippen LogP contribution in [0.2, 0.25) is 0 Å². The van der Waals surface area contributed by atoms with Crippen molar-refractivity contribution < 1.29 is 14.3 Å². The molecule has 80 valence electrons. The fourth-order valence-electron chi connectivity index (χ4n) is 1.39. The molecule has 0 aromatic heterocycles. The van der Waals surface area contributed by atoms with Gasteiger partial charge in [-0.15, -0.1) is 0 Å². The molecule has 0 radical (unpaired) electrons. The highest BCUT2D eigenvalue weighted by atomic mass is 16.5. The van der Waals surface area contributed by atoms with Crippen LogP contribution in [-0.4, -0.2) is 42.5 Å². The first-order valence-electron chi connectivity index (χ1n) is 4.72. The Balaban J connectivity index is 2.56. The van der Waals surface area contributed by atoms with Gasteiger partial charge in [-0.3, -0.25) is 9.59 Å². The van der Waals surface area contributed by atoms with Gasteiger partial charge < -0.3 is 15.4 Å². The lowest BCUT2D eigenvalue weighted by atomic mass is 10.1. The molecule has 1 fully saturated rings. The highest BCUT2D eigenvalue weighted by Gasteiger charge is 2.28. The van der Waals surface area contributed by atoms with Crippen molar-refractivity contribution in [2.45, 2.75) is 20.0 Å². The van der Waals surface area contributed by atoms with Gasteiger partial charge >= 0.3 is 0 Å². The van der Waals surface area contributed by atoms with Gasteiger partial charge in [0.1, 0.15) is 0 Å². The fraction of sp³-hybridized carbons (Fsp3) is 0.778. The van der Waals surface area contributed by atoms with Crippen LogP contribution < -0.4 is 5.73 Å². The normalized spacial score (nSPS) is 22.5. The molecule has 1 atom stereocenters. The first kappa shape index (κ1) is 11.0. The van der Waals surface area contributed by atoms with Crippen LogP contribution in [0.4, 0.5) is 0 Å². The van der Waals surface area contributed by atoms with Crippen molar-refractivity contribution in [3.8, 4) is 0 Å². The molecule has 1 rings (SSSR count). The van der Waals surface area contributed by atoms with Gasteiger partial charge in [0.2, 0.25) is 11.8 Å². The molecule has 1 saturated heterocycles. The Morgan fingerprint density at radius 1 is 1.50 bits per heavy atom. The second kappa shape index (κ2) is 4.41. The van der Waals surface area contributed by atoms with Crippen molar-refractivity contribution in [1.29, 1.82) is 0 Å². The van der Waals surface area contributed by atoms with Crippen molar-refractivity contribution in [3.63, 3.8) is 0 Å². The van der Waals surface area contributed by atoms with Gasteiger partial charge in [0, 0.05) is 12.5 Å². The molecule has 0 spiro atoms. The van der Waals surface area contributed by atoms with Crippen LogP contribution in [0, 0.1) is 5.92 Å². The van der Waals surface area contributed by atoms with E-state index in [1.165, 1.54) is 0 Å². The van der Waals surface area contributed by atoms with Crippen molar-refractivity contribution in [3.05, 3.63) is 0 Å². The number of nitrogens with two attached hydrogens (primary N) is 1. The lowest BCUT2D eigenvalue weighted by molar-refractivity contribution is -0.147. The summed E-state index contributed by atoms with van der Waals surface area (Å²) in [5.41, 5.74) is 5.10. The quantitative estimate of drug-likeness (QED) is 0.644. The van der Waals surface area contributed by atoms with Crippen LogP contribution in [0.15, 0.2) is 0 Å². The molecule has 14 heavy (non-hydrogen) atoms. The summed E-state index contributed by atoms with van der Waals surface area (Å²) in [4.78, 5) is 24.1. The first-order chi connectivity index (χ1) is 6.52. The van der Waals surface area contributed by atoms with Gasteiger partial charge in [0.15, 0.2) is 6.10 Å². The smallest absolute Gasteiger partial charge is 0.248 e. The Labute approximate surface area is 83.2 Å². The fourth-order valence-corrected chi connectivity index (χ4v) is 1.39. The molecule has 5 heteroatoms. The van der Waals surface area contributed by atoms with Crippen LogP contribution in [0.25, 0.3) is 0 Å². The number of carbonyl (C=O) groups is 2. The van der Waals surface area contributed by atoms with Gasteiger partial charge in [-0.25, -0.2) is 0 Å². The summed E-state index contributed by atoms with van der Waals surface area (Å²) < 4.78 is 5.13. The van der Waals surface area contributed by atoms with E-state index in [1.807, 2.05) is 13.8 Å². The molecule has 0 bridgehead atoms. The van der Waals surface area contributed by atoms with E-state index >= 15 is 0 Å². The molecule has 2 amide bonds. The van der Waals surface area contributed by atoms with Gasteiger partial charge in [0.05, 0.1) is 13.2 Å².